The summed E-state index contributed by atoms with van der Waals surface area (Å²) >= 11 is 0. The van der Waals surface area contributed by atoms with E-state index in [9.17, 15) is 14.3 Å². The number of anilines is 1. The van der Waals surface area contributed by atoms with E-state index in [-0.39, 0.29) is 17.9 Å². The molecule has 1 aromatic carbocycles. The predicted molar refractivity (Wildman–Crippen MR) is 125 cm³/mol. The van der Waals surface area contributed by atoms with Crippen molar-refractivity contribution in [2.24, 2.45) is 5.92 Å². The maximum Gasteiger partial charge on any atom is 0.305 e. The van der Waals surface area contributed by atoms with Gasteiger partial charge in [0.2, 0.25) is 0 Å². The summed E-state index contributed by atoms with van der Waals surface area (Å²) in [6.45, 7) is 1.44. The molecule has 1 atom stereocenters. The van der Waals surface area contributed by atoms with E-state index in [2.05, 4.69) is 24.6 Å². The number of pyridine rings is 1. The van der Waals surface area contributed by atoms with Gasteiger partial charge in [0.05, 0.1) is 24.2 Å². The van der Waals surface area contributed by atoms with E-state index < -0.39 is 0 Å². The molecule has 7 nitrogen and oxygen atoms in total. The molecule has 8 heteroatoms. The highest BCUT2D eigenvalue weighted by molar-refractivity contribution is 5.79. The first-order valence-corrected chi connectivity index (χ1v) is 11.6. The van der Waals surface area contributed by atoms with Gasteiger partial charge < -0.3 is 19.7 Å². The topological polar surface area (TPSA) is 91.3 Å². The molecule has 1 saturated heterocycles. The van der Waals surface area contributed by atoms with Crippen molar-refractivity contribution in [3.8, 4) is 11.4 Å². The fraction of sp³-hybridized carbons (Fsp3) is 0.480. The molecule has 0 bridgehead atoms. The Balaban J connectivity index is 0.000000200. The summed E-state index contributed by atoms with van der Waals surface area (Å²) in [7, 11) is 1.46. The monoisotopic (exact) mass is 454 g/mol. The van der Waals surface area contributed by atoms with Crippen LogP contribution in [0.2, 0.25) is 0 Å². The summed E-state index contributed by atoms with van der Waals surface area (Å²) in [6.07, 6.45) is 9.25. The Bertz CT molecular complexity index is 1060. The summed E-state index contributed by atoms with van der Waals surface area (Å²) < 4.78 is 17.8. The number of aliphatic hydroxyl groups is 1. The van der Waals surface area contributed by atoms with Gasteiger partial charge in [0.15, 0.2) is 0 Å². The van der Waals surface area contributed by atoms with Crippen molar-refractivity contribution in [3.05, 3.63) is 42.3 Å². The second-order valence-corrected chi connectivity index (χ2v) is 8.82. The molecule has 1 aliphatic carbocycles. The number of benzene rings is 1. The van der Waals surface area contributed by atoms with Crippen LogP contribution < -0.4 is 4.90 Å². The van der Waals surface area contributed by atoms with E-state index in [4.69, 9.17) is 0 Å². The molecule has 1 unspecified atom stereocenters. The van der Waals surface area contributed by atoms with Crippen LogP contribution in [0.15, 0.2) is 36.5 Å². The zero-order chi connectivity index (χ0) is 23.2. The zero-order valence-electron chi connectivity index (χ0n) is 19.0. The molecule has 0 radical (unpaired) electrons. The van der Waals surface area contributed by atoms with Gasteiger partial charge in [-0.05, 0) is 55.5 Å². The number of aromatic amines is 1. The molecule has 0 spiro atoms. The van der Waals surface area contributed by atoms with Crippen LogP contribution in [0.5, 0.6) is 0 Å². The Labute approximate surface area is 193 Å². The number of imidazole rings is 1. The number of nitrogens with one attached hydrogen (secondary N) is 1. The van der Waals surface area contributed by atoms with Gasteiger partial charge in [-0.3, -0.25) is 4.79 Å². The lowest BCUT2D eigenvalue weighted by atomic mass is 9.87. The fourth-order valence-electron chi connectivity index (χ4n) is 4.49. The van der Waals surface area contributed by atoms with Crippen LogP contribution in [0.4, 0.5) is 10.2 Å². The van der Waals surface area contributed by atoms with E-state index in [1.807, 2.05) is 12.1 Å². The minimum atomic E-state index is -0.288. The Morgan fingerprint density at radius 2 is 2.03 bits per heavy atom. The first-order valence-electron chi connectivity index (χ1n) is 11.6. The van der Waals surface area contributed by atoms with Crippen molar-refractivity contribution in [3.63, 3.8) is 0 Å². The second-order valence-electron chi connectivity index (χ2n) is 8.82. The Hall–Kier alpha value is -3.00. The Morgan fingerprint density at radius 3 is 2.70 bits per heavy atom. The van der Waals surface area contributed by atoms with Gasteiger partial charge >= 0.3 is 5.97 Å². The summed E-state index contributed by atoms with van der Waals surface area (Å²) in [5.41, 5.74) is 2.24. The molecule has 2 N–H and O–H groups in total. The van der Waals surface area contributed by atoms with Crippen LogP contribution in [-0.4, -0.2) is 52.3 Å². The molecule has 2 aliphatic rings. The normalized spacial score (nSPS) is 18.8. The Morgan fingerprint density at radius 1 is 1.21 bits per heavy atom. The van der Waals surface area contributed by atoms with Gasteiger partial charge in [0.25, 0.3) is 0 Å². The third-order valence-electron chi connectivity index (χ3n) is 6.36. The minimum absolute atomic E-state index is 0.0445. The molecule has 5 rings (SSSR count). The number of methoxy groups -OCH3 is 1. The van der Waals surface area contributed by atoms with Crippen molar-refractivity contribution in [1.29, 1.82) is 0 Å². The lowest BCUT2D eigenvalue weighted by molar-refractivity contribution is -0.141. The van der Waals surface area contributed by atoms with Crippen LogP contribution in [0.25, 0.3) is 22.4 Å². The highest BCUT2D eigenvalue weighted by Gasteiger charge is 2.21. The SMILES string of the molecule is COC(=O)CC1CCCCC1.OC1CCN(c2ccc(-c3nc4ccc(F)cc4[nH]3)cn2)C1. The summed E-state index contributed by atoms with van der Waals surface area (Å²) in [6, 6.07) is 8.33. The summed E-state index contributed by atoms with van der Waals surface area (Å²) in [5, 5.41) is 9.58. The van der Waals surface area contributed by atoms with Crippen LogP contribution in [-0.2, 0) is 9.53 Å². The molecular formula is C25H31FN4O3. The first kappa shape index (κ1) is 23.2. The number of carbonyl (C=O) groups is 1. The Kier molecular flexibility index (Phi) is 7.54. The molecule has 1 aliphatic heterocycles. The average molecular weight is 455 g/mol. The van der Waals surface area contributed by atoms with Crippen LogP contribution in [0, 0.1) is 11.7 Å². The van der Waals surface area contributed by atoms with Gasteiger partial charge in [0.1, 0.15) is 17.5 Å². The smallest absolute Gasteiger partial charge is 0.305 e. The molecule has 2 aromatic heterocycles. The summed E-state index contributed by atoms with van der Waals surface area (Å²) in [5.74, 6) is 1.79. The minimum Gasteiger partial charge on any atom is -0.469 e. The molecule has 176 valence electrons. The van der Waals surface area contributed by atoms with Gasteiger partial charge in [-0.25, -0.2) is 14.4 Å². The van der Waals surface area contributed by atoms with E-state index in [0.29, 0.717) is 30.2 Å². The van der Waals surface area contributed by atoms with Crippen LogP contribution >= 0.6 is 0 Å². The summed E-state index contributed by atoms with van der Waals surface area (Å²) in [4.78, 5) is 24.9. The number of hydrogen-bond acceptors (Lipinski definition) is 6. The molecule has 3 aromatic rings. The number of nitrogens with zero attached hydrogens (tertiary/aromatic N) is 3. The molecule has 2 fully saturated rings. The number of hydrogen-bond donors (Lipinski definition) is 2. The number of rotatable bonds is 4. The standard InChI is InChI=1S/C16H15FN4O.C9H16O2/c17-11-2-3-13-14(7-11)20-16(19-13)10-1-4-15(18-8-10)21-6-5-12(22)9-21;1-11-9(10)7-8-5-3-2-4-6-8/h1-4,7-8,12,22H,5-6,9H2,(H,19,20);8H,2-7H2,1H3. The number of aromatic nitrogens is 3. The van der Waals surface area contributed by atoms with Gasteiger partial charge in [-0.1, -0.05) is 19.3 Å². The quantitative estimate of drug-likeness (QED) is 0.566. The molecule has 3 heterocycles. The number of β-amino-alcohol motifs (C(OH)–C–C–N with tert-alkyl or cyclic N) is 1. The van der Waals surface area contributed by atoms with Crippen LogP contribution in [0.1, 0.15) is 44.9 Å². The lowest BCUT2D eigenvalue weighted by Crippen LogP contribution is -2.21. The number of H-pyrrole nitrogens is 1. The first-order chi connectivity index (χ1) is 16.0. The fourth-order valence-corrected chi connectivity index (χ4v) is 4.49. The number of carbonyl (C=O) groups excluding carboxylic acids is 1. The number of halogens is 1. The lowest BCUT2D eigenvalue weighted by Gasteiger charge is -2.19. The van der Waals surface area contributed by atoms with Crippen molar-refractivity contribution in [2.75, 3.05) is 25.1 Å². The zero-order valence-corrected chi connectivity index (χ0v) is 19.0. The van der Waals surface area contributed by atoms with Gasteiger partial charge in [-0.15, -0.1) is 0 Å². The predicted octanol–water partition coefficient (Wildman–Crippen LogP) is 4.46. The van der Waals surface area contributed by atoms with Gasteiger partial charge in [-0.2, -0.15) is 0 Å². The molecule has 1 saturated carbocycles. The van der Waals surface area contributed by atoms with Crippen molar-refractivity contribution >= 4 is 22.8 Å². The molecular weight excluding hydrogens is 423 g/mol. The highest BCUT2D eigenvalue weighted by Crippen LogP contribution is 2.26. The third kappa shape index (κ3) is 6.07. The van der Waals surface area contributed by atoms with Crippen molar-refractivity contribution in [1.82, 2.24) is 15.0 Å². The largest absolute Gasteiger partial charge is 0.469 e. The number of fused-ring (bicyclic) bond motifs is 1. The maximum absolute atomic E-state index is 13.2. The van der Waals surface area contributed by atoms with E-state index in [0.717, 1.165) is 29.9 Å². The number of aliphatic hydroxyl groups excluding tert-OH is 1. The maximum atomic E-state index is 13.2. The molecule has 0 amide bonds. The van der Waals surface area contributed by atoms with Crippen molar-refractivity contribution < 1.29 is 19.0 Å². The van der Waals surface area contributed by atoms with Crippen LogP contribution in [0.3, 0.4) is 0 Å². The highest BCUT2D eigenvalue weighted by atomic mass is 19.1. The number of esters is 1. The van der Waals surface area contributed by atoms with Crippen molar-refractivity contribution in [2.45, 2.75) is 51.0 Å². The van der Waals surface area contributed by atoms with E-state index in [1.54, 1.807) is 12.3 Å². The van der Waals surface area contributed by atoms with E-state index in [1.165, 1.54) is 51.3 Å². The number of ether oxygens (including phenoxy) is 1. The average Bonchev–Trinajstić information content (AvgIpc) is 3.46. The van der Waals surface area contributed by atoms with Gasteiger partial charge in [0, 0.05) is 31.3 Å². The second kappa shape index (κ2) is 10.7. The van der Waals surface area contributed by atoms with E-state index >= 15 is 0 Å². The molecule has 33 heavy (non-hydrogen) atoms. The third-order valence-corrected chi connectivity index (χ3v) is 6.36.